The molecule has 2 aliphatic rings. The number of hydrogen-bond acceptors (Lipinski definition) is 2. The number of carbonyl (C=O) groups is 1. The summed E-state index contributed by atoms with van der Waals surface area (Å²) in [6.07, 6.45) is 5.75. The van der Waals surface area contributed by atoms with E-state index in [9.17, 15) is 9.90 Å². The zero-order valence-electron chi connectivity index (χ0n) is 10.8. The van der Waals surface area contributed by atoms with Crippen molar-refractivity contribution in [1.29, 1.82) is 0 Å². The van der Waals surface area contributed by atoms with Gasteiger partial charge in [0.25, 0.3) is 0 Å². The number of aliphatic hydroxyl groups excluding tert-OH is 1. The van der Waals surface area contributed by atoms with Crippen molar-refractivity contribution in [3.05, 3.63) is 0 Å². The first-order chi connectivity index (χ1) is 8.24. The number of aliphatic hydroxyl groups is 1. The Bertz CT molecular complexity index is 262. The van der Waals surface area contributed by atoms with Crippen LogP contribution in [0.3, 0.4) is 0 Å². The Balaban J connectivity index is 1.98. The zero-order chi connectivity index (χ0) is 12.3. The lowest BCUT2D eigenvalue weighted by Gasteiger charge is -2.31. The fourth-order valence-electron chi connectivity index (χ4n) is 2.97. The van der Waals surface area contributed by atoms with Crippen LogP contribution in [0.5, 0.6) is 0 Å². The number of hydrogen-bond donors (Lipinski definition) is 1. The maximum absolute atomic E-state index is 12.4. The molecule has 2 rings (SSSR count). The normalized spacial score (nSPS) is 30.5. The van der Waals surface area contributed by atoms with Crippen LogP contribution in [0.2, 0.25) is 0 Å². The van der Waals surface area contributed by atoms with Crippen molar-refractivity contribution in [2.45, 2.75) is 45.1 Å². The summed E-state index contributed by atoms with van der Waals surface area (Å²) in [6.45, 7) is 4.81. The minimum Gasteiger partial charge on any atom is -0.394 e. The molecule has 0 aromatic rings. The van der Waals surface area contributed by atoms with E-state index < -0.39 is 0 Å². The zero-order valence-corrected chi connectivity index (χ0v) is 10.8. The van der Waals surface area contributed by atoms with E-state index in [1.54, 1.807) is 0 Å². The summed E-state index contributed by atoms with van der Waals surface area (Å²) in [4.78, 5) is 16.3. The highest BCUT2D eigenvalue weighted by Gasteiger charge is 2.35. The summed E-state index contributed by atoms with van der Waals surface area (Å²) in [5, 5.41) is 9.40. The highest BCUT2D eigenvalue weighted by Crippen LogP contribution is 2.25. The van der Waals surface area contributed by atoms with E-state index >= 15 is 0 Å². The van der Waals surface area contributed by atoms with Gasteiger partial charge in [0.1, 0.15) is 0 Å². The van der Waals surface area contributed by atoms with E-state index in [1.165, 1.54) is 12.8 Å². The van der Waals surface area contributed by atoms with Crippen LogP contribution < -0.4 is 0 Å². The predicted molar refractivity (Wildman–Crippen MR) is 66.8 cm³/mol. The van der Waals surface area contributed by atoms with Crippen LogP contribution in [-0.2, 0) is 0 Å². The van der Waals surface area contributed by atoms with Crippen molar-refractivity contribution >= 4 is 6.03 Å². The Labute approximate surface area is 104 Å². The number of carbonyl (C=O) groups excluding carboxylic acids is 1. The number of rotatable bonds is 1. The van der Waals surface area contributed by atoms with Crippen LogP contribution in [0.25, 0.3) is 0 Å². The fraction of sp³-hybridized carbons (Fsp3) is 0.923. The molecule has 4 nitrogen and oxygen atoms in total. The van der Waals surface area contributed by atoms with Crippen molar-refractivity contribution in [2.75, 3.05) is 26.2 Å². The van der Waals surface area contributed by atoms with Gasteiger partial charge in [-0.2, -0.15) is 0 Å². The molecule has 2 fully saturated rings. The topological polar surface area (TPSA) is 43.8 Å². The molecule has 4 heteroatoms. The first-order valence-electron chi connectivity index (χ1n) is 6.90. The molecule has 2 aliphatic heterocycles. The predicted octanol–water partition coefficient (Wildman–Crippen LogP) is 1.69. The van der Waals surface area contributed by atoms with E-state index in [2.05, 4.69) is 6.92 Å². The molecule has 0 aromatic carbocycles. The SMILES string of the molecule is CC1CCN(C(=O)N2CCCCCC2)C1CO. The van der Waals surface area contributed by atoms with Gasteiger partial charge in [0, 0.05) is 19.6 Å². The summed E-state index contributed by atoms with van der Waals surface area (Å²) in [5.74, 6) is 0.427. The molecule has 1 N–H and O–H groups in total. The summed E-state index contributed by atoms with van der Waals surface area (Å²) in [7, 11) is 0. The molecule has 98 valence electrons. The summed E-state index contributed by atoms with van der Waals surface area (Å²) in [6, 6.07) is 0.182. The number of amides is 2. The smallest absolute Gasteiger partial charge is 0.320 e. The first-order valence-corrected chi connectivity index (χ1v) is 6.90. The summed E-state index contributed by atoms with van der Waals surface area (Å²) in [5.41, 5.74) is 0. The van der Waals surface area contributed by atoms with Gasteiger partial charge in [-0.3, -0.25) is 0 Å². The van der Waals surface area contributed by atoms with Gasteiger partial charge >= 0.3 is 6.03 Å². The second-order valence-electron chi connectivity index (χ2n) is 5.39. The standard InChI is InChI=1S/C13H24N2O2/c1-11-6-9-15(12(11)10-16)13(17)14-7-4-2-3-5-8-14/h11-12,16H,2-10H2,1H3. The highest BCUT2D eigenvalue weighted by atomic mass is 16.3. The molecule has 0 aliphatic carbocycles. The monoisotopic (exact) mass is 240 g/mol. The van der Waals surface area contributed by atoms with Gasteiger partial charge in [0.15, 0.2) is 0 Å². The van der Waals surface area contributed by atoms with Crippen molar-refractivity contribution in [3.63, 3.8) is 0 Å². The average Bonchev–Trinajstić information content (AvgIpc) is 2.56. The lowest BCUT2D eigenvalue weighted by Crippen LogP contribution is -2.47. The van der Waals surface area contributed by atoms with Gasteiger partial charge in [-0.25, -0.2) is 4.79 Å². The van der Waals surface area contributed by atoms with E-state index in [0.29, 0.717) is 5.92 Å². The van der Waals surface area contributed by atoms with E-state index in [-0.39, 0.29) is 18.7 Å². The highest BCUT2D eigenvalue weighted by molar-refractivity contribution is 5.75. The number of urea groups is 1. The van der Waals surface area contributed by atoms with Crippen LogP contribution in [0.15, 0.2) is 0 Å². The fourth-order valence-corrected chi connectivity index (χ4v) is 2.97. The third kappa shape index (κ3) is 2.73. The maximum atomic E-state index is 12.4. The Morgan fingerprint density at radius 3 is 2.41 bits per heavy atom. The molecule has 0 saturated carbocycles. The Morgan fingerprint density at radius 1 is 1.18 bits per heavy atom. The molecule has 2 amide bonds. The first kappa shape index (κ1) is 12.7. The van der Waals surface area contributed by atoms with Crippen molar-refractivity contribution in [3.8, 4) is 0 Å². The van der Waals surface area contributed by atoms with Gasteiger partial charge in [-0.05, 0) is 25.2 Å². The quantitative estimate of drug-likeness (QED) is 0.758. The molecule has 2 atom stereocenters. The van der Waals surface area contributed by atoms with Crippen LogP contribution >= 0.6 is 0 Å². The Hall–Kier alpha value is -0.770. The third-order valence-electron chi connectivity index (χ3n) is 4.19. The van der Waals surface area contributed by atoms with Crippen LogP contribution in [0.4, 0.5) is 4.79 Å². The average molecular weight is 240 g/mol. The third-order valence-corrected chi connectivity index (χ3v) is 4.19. The second-order valence-corrected chi connectivity index (χ2v) is 5.39. The molecule has 0 spiro atoms. The van der Waals surface area contributed by atoms with Crippen LogP contribution in [0, 0.1) is 5.92 Å². The summed E-state index contributed by atoms with van der Waals surface area (Å²) < 4.78 is 0. The molecule has 2 heterocycles. The van der Waals surface area contributed by atoms with Crippen LogP contribution in [0.1, 0.15) is 39.0 Å². The van der Waals surface area contributed by atoms with Crippen LogP contribution in [-0.4, -0.2) is 53.2 Å². The van der Waals surface area contributed by atoms with Gasteiger partial charge in [-0.15, -0.1) is 0 Å². The lowest BCUT2D eigenvalue weighted by molar-refractivity contribution is 0.117. The van der Waals surface area contributed by atoms with Gasteiger partial charge in [-0.1, -0.05) is 19.8 Å². The molecule has 0 radical (unpaired) electrons. The largest absolute Gasteiger partial charge is 0.394 e. The van der Waals surface area contributed by atoms with Crippen molar-refractivity contribution < 1.29 is 9.90 Å². The minimum absolute atomic E-state index is 0.0331. The second kappa shape index (κ2) is 5.71. The molecular weight excluding hydrogens is 216 g/mol. The van der Waals surface area contributed by atoms with E-state index in [0.717, 1.165) is 38.9 Å². The Kier molecular flexibility index (Phi) is 4.26. The molecular formula is C13H24N2O2. The summed E-state index contributed by atoms with van der Waals surface area (Å²) >= 11 is 0. The molecule has 17 heavy (non-hydrogen) atoms. The van der Waals surface area contributed by atoms with Crippen molar-refractivity contribution in [2.24, 2.45) is 5.92 Å². The molecule has 2 saturated heterocycles. The minimum atomic E-state index is 0.0331. The molecule has 0 aromatic heterocycles. The number of nitrogens with zero attached hydrogens (tertiary/aromatic N) is 2. The lowest BCUT2D eigenvalue weighted by atomic mass is 10.0. The maximum Gasteiger partial charge on any atom is 0.320 e. The van der Waals surface area contributed by atoms with E-state index in [4.69, 9.17) is 0 Å². The number of likely N-dealkylation sites (tertiary alicyclic amines) is 2. The molecule has 0 bridgehead atoms. The molecule has 2 unspecified atom stereocenters. The van der Waals surface area contributed by atoms with E-state index in [1.807, 2.05) is 9.80 Å². The van der Waals surface area contributed by atoms with Crippen molar-refractivity contribution in [1.82, 2.24) is 9.80 Å². The van der Waals surface area contributed by atoms with Gasteiger partial charge in [0.2, 0.25) is 0 Å². The Morgan fingerprint density at radius 2 is 1.82 bits per heavy atom. The van der Waals surface area contributed by atoms with Gasteiger partial charge in [0.05, 0.1) is 12.6 Å². The van der Waals surface area contributed by atoms with Gasteiger partial charge < -0.3 is 14.9 Å².